The highest BCUT2D eigenvalue weighted by Crippen LogP contribution is 2.14. The summed E-state index contributed by atoms with van der Waals surface area (Å²) in [6.07, 6.45) is 0.391. The van der Waals surface area contributed by atoms with E-state index in [1.54, 1.807) is 0 Å². The van der Waals surface area contributed by atoms with Crippen LogP contribution in [0.15, 0.2) is 34.7 Å². The Morgan fingerprint density at radius 1 is 1.21 bits per heavy atom. The molecule has 1 saturated heterocycles. The van der Waals surface area contributed by atoms with E-state index in [9.17, 15) is 5.11 Å². The average Bonchev–Trinajstić information content (AvgIpc) is 2.98. The van der Waals surface area contributed by atoms with Gasteiger partial charge in [0.1, 0.15) is 0 Å². The molecule has 2 atom stereocenters. The largest absolute Gasteiger partial charge is 0.424 e. The number of piperazine rings is 1. The number of β-amino-alcohol motifs (C(OH)–C–C–N with tert-alkyl or cyclic N) is 1. The second-order valence-corrected chi connectivity index (χ2v) is 6.68. The Labute approximate surface area is 143 Å². The first-order valence-corrected chi connectivity index (χ1v) is 8.60. The monoisotopic (exact) mass is 330 g/mol. The van der Waals surface area contributed by atoms with Gasteiger partial charge in [0.25, 0.3) is 0 Å². The maximum absolute atomic E-state index is 9.56. The fraction of sp³-hybridized carbons (Fsp3) is 0.556. The molecule has 0 saturated carbocycles. The summed E-state index contributed by atoms with van der Waals surface area (Å²) in [5.41, 5.74) is 1.17. The molecule has 0 bridgehead atoms. The van der Waals surface area contributed by atoms with E-state index in [4.69, 9.17) is 4.42 Å². The van der Waals surface area contributed by atoms with E-state index in [-0.39, 0.29) is 6.10 Å². The third kappa shape index (κ3) is 4.63. The number of nitrogens with zero attached hydrogens (tertiary/aromatic N) is 4. The van der Waals surface area contributed by atoms with E-state index in [0.717, 1.165) is 26.2 Å². The van der Waals surface area contributed by atoms with Crippen molar-refractivity contribution in [2.75, 3.05) is 26.2 Å². The highest BCUT2D eigenvalue weighted by molar-refractivity contribution is 5.17. The van der Waals surface area contributed by atoms with Crippen molar-refractivity contribution in [2.24, 2.45) is 0 Å². The molecule has 1 fully saturated rings. The van der Waals surface area contributed by atoms with Crippen molar-refractivity contribution in [3.8, 4) is 0 Å². The van der Waals surface area contributed by atoms with Crippen LogP contribution in [0, 0.1) is 0 Å². The molecule has 2 heterocycles. The Balaban J connectivity index is 1.52. The SMILES string of the molecule is C[C@H](O)CN1CCN(Cc2nnc(Cc3ccccc3)o2)C[C@H]1C. The number of aromatic nitrogens is 2. The highest BCUT2D eigenvalue weighted by atomic mass is 16.4. The lowest BCUT2D eigenvalue weighted by molar-refractivity contribution is 0.0391. The number of hydrogen-bond donors (Lipinski definition) is 1. The molecule has 6 heteroatoms. The molecule has 0 radical (unpaired) electrons. The molecule has 0 unspecified atom stereocenters. The predicted molar refractivity (Wildman–Crippen MR) is 91.5 cm³/mol. The van der Waals surface area contributed by atoms with Gasteiger partial charge in [0.05, 0.1) is 19.1 Å². The molecule has 1 aromatic heterocycles. The minimum Gasteiger partial charge on any atom is -0.424 e. The van der Waals surface area contributed by atoms with Crippen LogP contribution in [0.25, 0.3) is 0 Å². The predicted octanol–water partition coefficient (Wildman–Crippen LogP) is 1.55. The van der Waals surface area contributed by atoms with Gasteiger partial charge in [-0.05, 0) is 19.4 Å². The highest BCUT2D eigenvalue weighted by Gasteiger charge is 2.25. The lowest BCUT2D eigenvalue weighted by atomic mass is 10.1. The molecule has 2 aromatic rings. The Bertz CT molecular complexity index is 629. The topological polar surface area (TPSA) is 65.6 Å². The molecule has 0 amide bonds. The summed E-state index contributed by atoms with van der Waals surface area (Å²) < 4.78 is 5.80. The van der Waals surface area contributed by atoms with Crippen LogP contribution < -0.4 is 0 Å². The fourth-order valence-corrected chi connectivity index (χ4v) is 3.21. The van der Waals surface area contributed by atoms with E-state index < -0.39 is 0 Å². The Morgan fingerprint density at radius 2 is 1.96 bits per heavy atom. The zero-order valence-corrected chi connectivity index (χ0v) is 14.4. The van der Waals surface area contributed by atoms with Crippen LogP contribution in [-0.2, 0) is 13.0 Å². The van der Waals surface area contributed by atoms with E-state index >= 15 is 0 Å². The van der Waals surface area contributed by atoms with Crippen molar-refractivity contribution >= 4 is 0 Å². The summed E-state index contributed by atoms with van der Waals surface area (Å²) in [6.45, 7) is 8.31. The van der Waals surface area contributed by atoms with Crippen LogP contribution in [0.4, 0.5) is 0 Å². The van der Waals surface area contributed by atoms with E-state index in [0.29, 0.717) is 30.8 Å². The first-order valence-electron chi connectivity index (χ1n) is 8.60. The van der Waals surface area contributed by atoms with Crippen molar-refractivity contribution < 1.29 is 9.52 Å². The van der Waals surface area contributed by atoms with Gasteiger partial charge in [-0.2, -0.15) is 0 Å². The third-order valence-electron chi connectivity index (χ3n) is 4.41. The number of rotatable bonds is 6. The minimum atomic E-state index is -0.282. The molecule has 24 heavy (non-hydrogen) atoms. The molecule has 6 nitrogen and oxygen atoms in total. The van der Waals surface area contributed by atoms with Gasteiger partial charge >= 0.3 is 0 Å². The van der Waals surface area contributed by atoms with E-state index in [1.165, 1.54) is 5.56 Å². The summed E-state index contributed by atoms with van der Waals surface area (Å²) in [4.78, 5) is 4.67. The van der Waals surface area contributed by atoms with Gasteiger partial charge in [0, 0.05) is 32.2 Å². The van der Waals surface area contributed by atoms with Crippen molar-refractivity contribution in [2.45, 2.75) is 39.0 Å². The van der Waals surface area contributed by atoms with Gasteiger partial charge in [0.15, 0.2) is 0 Å². The second kappa shape index (κ2) is 7.88. The summed E-state index contributed by atoms with van der Waals surface area (Å²) in [7, 11) is 0. The minimum absolute atomic E-state index is 0.282. The van der Waals surface area contributed by atoms with Crippen molar-refractivity contribution in [3.05, 3.63) is 47.7 Å². The summed E-state index contributed by atoms with van der Waals surface area (Å²) in [5.74, 6) is 1.34. The molecule has 1 aliphatic heterocycles. The van der Waals surface area contributed by atoms with Gasteiger partial charge in [0.2, 0.25) is 11.8 Å². The van der Waals surface area contributed by atoms with Gasteiger partial charge < -0.3 is 9.52 Å². The van der Waals surface area contributed by atoms with Crippen molar-refractivity contribution in [1.29, 1.82) is 0 Å². The van der Waals surface area contributed by atoms with E-state index in [2.05, 4.69) is 39.1 Å². The maximum atomic E-state index is 9.56. The molecule has 3 rings (SSSR count). The van der Waals surface area contributed by atoms with E-state index in [1.807, 2.05) is 25.1 Å². The van der Waals surface area contributed by atoms with Gasteiger partial charge in [-0.1, -0.05) is 30.3 Å². The second-order valence-electron chi connectivity index (χ2n) is 6.68. The van der Waals surface area contributed by atoms with Crippen LogP contribution >= 0.6 is 0 Å². The molecule has 1 N–H and O–H groups in total. The zero-order valence-electron chi connectivity index (χ0n) is 14.4. The van der Waals surface area contributed by atoms with Crippen molar-refractivity contribution in [1.82, 2.24) is 20.0 Å². The Morgan fingerprint density at radius 3 is 2.67 bits per heavy atom. The summed E-state index contributed by atoms with van der Waals surface area (Å²) in [5, 5.41) is 17.9. The summed E-state index contributed by atoms with van der Waals surface area (Å²) in [6, 6.07) is 10.6. The van der Waals surface area contributed by atoms with Gasteiger partial charge in [-0.3, -0.25) is 9.80 Å². The molecule has 1 aromatic carbocycles. The van der Waals surface area contributed by atoms with Crippen LogP contribution in [0.1, 0.15) is 31.2 Å². The van der Waals surface area contributed by atoms with Crippen molar-refractivity contribution in [3.63, 3.8) is 0 Å². The van der Waals surface area contributed by atoms with Crippen LogP contribution in [0.3, 0.4) is 0 Å². The number of benzene rings is 1. The van der Waals surface area contributed by atoms with Crippen LogP contribution in [0.5, 0.6) is 0 Å². The first-order chi connectivity index (χ1) is 11.6. The smallest absolute Gasteiger partial charge is 0.230 e. The molecule has 130 valence electrons. The average molecular weight is 330 g/mol. The Hall–Kier alpha value is -1.76. The third-order valence-corrected chi connectivity index (χ3v) is 4.41. The lowest BCUT2D eigenvalue weighted by Crippen LogP contribution is -2.53. The normalized spacial score (nSPS) is 21.0. The van der Waals surface area contributed by atoms with Crippen LogP contribution in [0.2, 0.25) is 0 Å². The van der Waals surface area contributed by atoms with Crippen LogP contribution in [-0.4, -0.2) is 63.4 Å². The standard InChI is InChI=1S/C18H26N4O2/c1-14-11-21(8-9-22(14)12-15(2)23)13-18-20-19-17(24-18)10-16-6-4-3-5-7-16/h3-7,14-15,23H,8-13H2,1-2H3/t14-,15+/m1/s1. The quantitative estimate of drug-likeness (QED) is 0.867. The fourth-order valence-electron chi connectivity index (χ4n) is 3.21. The Kier molecular flexibility index (Phi) is 5.60. The molecule has 0 spiro atoms. The number of aliphatic hydroxyl groups excluding tert-OH is 1. The molecule has 0 aliphatic carbocycles. The molecular formula is C18H26N4O2. The summed E-state index contributed by atoms with van der Waals surface area (Å²) >= 11 is 0. The van der Waals surface area contributed by atoms with Gasteiger partial charge in [-0.15, -0.1) is 10.2 Å². The molecular weight excluding hydrogens is 304 g/mol. The maximum Gasteiger partial charge on any atom is 0.230 e. The van der Waals surface area contributed by atoms with Gasteiger partial charge in [-0.25, -0.2) is 0 Å². The number of aliphatic hydroxyl groups is 1. The zero-order chi connectivity index (χ0) is 16.9. The first kappa shape index (κ1) is 17.1. The number of hydrogen-bond acceptors (Lipinski definition) is 6. The lowest BCUT2D eigenvalue weighted by Gasteiger charge is -2.39. The molecule has 1 aliphatic rings.